The average molecular weight is 375 g/mol. The molecule has 0 unspecified atom stereocenters. The van der Waals surface area contributed by atoms with Crippen molar-refractivity contribution in [1.29, 1.82) is 0 Å². The van der Waals surface area contributed by atoms with Crippen LogP contribution in [0.3, 0.4) is 0 Å². The van der Waals surface area contributed by atoms with Crippen LogP contribution < -0.4 is 5.32 Å². The van der Waals surface area contributed by atoms with E-state index in [4.69, 9.17) is 4.74 Å². The van der Waals surface area contributed by atoms with Crippen LogP contribution in [0.25, 0.3) is 10.9 Å². The van der Waals surface area contributed by atoms with Crippen LogP contribution in [-0.2, 0) is 17.8 Å². The molecule has 1 amide bonds. The Balaban J connectivity index is 1.53. The second-order valence-corrected chi connectivity index (χ2v) is 6.48. The van der Waals surface area contributed by atoms with Crippen molar-refractivity contribution in [3.05, 3.63) is 78.5 Å². The number of carbonyl (C=O) groups is 1. The molecule has 142 valence electrons. The lowest BCUT2D eigenvalue weighted by Crippen LogP contribution is -2.18. The van der Waals surface area contributed by atoms with Crippen LogP contribution in [0.2, 0.25) is 0 Å². The van der Waals surface area contributed by atoms with E-state index < -0.39 is 0 Å². The summed E-state index contributed by atoms with van der Waals surface area (Å²) in [5.41, 5.74) is 3.46. The molecular formula is C21H21N5O2. The van der Waals surface area contributed by atoms with Gasteiger partial charge in [-0.2, -0.15) is 5.10 Å². The van der Waals surface area contributed by atoms with Crippen molar-refractivity contribution >= 4 is 22.5 Å². The highest BCUT2D eigenvalue weighted by atomic mass is 16.5. The number of benzene rings is 2. The lowest BCUT2D eigenvalue weighted by atomic mass is 10.2. The normalized spacial score (nSPS) is 11.0. The number of amides is 1. The maximum atomic E-state index is 12.9. The number of methoxy groups -OCH3 is 1. The monoisotopic (exact) mass is 375 g/mol. The van der Waals surface area contributed by atoms with Gasteiger partial charge in [0, 0.05) is 30.2 Å². The van der Waals surface area contributed by atoms with Crippen molar-refractivity contribution in [3.8, 4) is 0 Å². The second-order valence-electron chi connectivity index (χ2n) is 6.48. The van der Waals surface area contributed by atoms with Crippen molar-refractivity contribution in [3.63, 3.8) is 0 Å². The molecule has 0 atom stereocenters. The molecule has 0 saturated carbocycles. The number of para-hydroxylation sites is 1. The summed E-state index contributed by atoms with van der Waals surface area (Å²) in [5, 5.41) is 8.12. The highest BCUT2D eigenvalue weighted by Crippen LogP contribution is 2.21. The number of carbonyl (C=O) groups excluding carboxylic acids is 1. The van der Waals surface area contributed by atoms with Crippen LogP contribution in [0, 0.1) is 0 Å². The zero-order valence-electron chi connectivity index (χ0n) is 15.6. The molecule has 0 fully saturated rings. The summed E-state index contributed by atoms with van der Waals surface area (Å²) in [6.45, 7) is 1.79. The number of hydrogen-bond acceptors (Lipinski definition) is 4. The van der Waals surface area contributed by atoms with E-state index in [2.05, 4.69) is 15.4 Å². The number of fused-ring (bicyclic) bond motifs is 1. The zero-order chi connectivity index (χ0) is 19.3. The zero-order valence-corrected chi connectivity index (χ0v) is 15.6. The summed E-state index contributed by atoms with van der Waals surface area (Å²) < 4.78 is 8.95. The summed E-state index contributed by atoms with van der Waals surface area (Å²) in [5.74, 6) is -0.142. The van der Waals surface area contributed by atoms with Gasteiger partial charge in [-0.15, -0.1) is 0 Å². The van der Waals surface area contributed by atoms with Crippen LogP contribution in [0.15, 0.2) is 67.3 Å². The second kappa shape index (κ2) is 8.06. The first-order valence-electron chi connectivity index (χ1n) is 9.04. The molecule has 1 N–H and O–H groups in total. The first-order valence-corrected chi connectivity index (χ1v) is 9.04. The van der Waals surface area contributed by atoms with Gasteiger partial charge in [0.1, 0.15) is 18.3 Å². The van der Waals surface area contributed by atoms with Crippen LogP contribution in [0.1, 0.15) is 16.1 Å². The van der Waals surface area contributed by atoms with E-state index >= 15 is 0 Å². The minimum absolute atomic E-state index is 0.142. The topological polar surface area (TPSA) is 74.0 Å². The molecule has 0 aliphatic heterocycles. The smallest absolute Gasteiger partial charge is 0.272 e. The van der Waals surface area contributed by atoms with Crippen LogP contribution in [0.5, 0.6) is 0 Å². The van der Waals surface area contributed by atoms with Crippen LogP contribution >= 0.6 is 0 Å². The molecule has 28 heavy (non-hydrogen) atoms. The quantitative estimate of drug-likeness (QED) is 0.538. The summed E-state index contributed by atoms with van der Waals surface area (Å²) in [4.78, 5) is 16.9. The molecule has 0 aliphatic carbocycles. The van der Waals surface area contributed by atoms with E-state index in [0.717, 1.165) is 22.2 Å². The Morgan fingerprint density at radius 2 is 1.96 bits per heavy atom. The molecule has 2 aromatic heterocycles. The van der Waals surface area contributed by atoms with Crippen molar-refractivity contribution in [1.82, 2.24) is 19.3 Å². The molecule has 7 nitrogen and oxygen atoms in total. The van der Waals surface area contributed by atoms with E-state index in [1.54, 1.807) is 18.1 Å². The Hall–Kier alpha value is -3.45. The minimum Gasteiger partial charge on any atom is -0.383 e. The average Bonchev–Trinajstić information content (AvgIpc) is 3.35. The number of aromatic nitrogens is 4. The van der Waals surface area contributed by atoms with Crippen molar-refractivity contribution in [2.24, 2.45) is 0 Å². The third kappa shape index (κ3) is 3.79. The number of rotatable bonds is 7. The highest BCUT2D eigenvalue weighted by molar-refractivity contribution is 6.06. The fraction of sp³-hybridized carbons (Fsp3) is 0.190. The third-order valence-corrected chi connectivity index (χ3v) is 4.59. The van der Waals surface area contributed by atoms with Crippen molar-refractivity contribution < 1.29 is 9.53 Å². The van der Waals surface area contributed by atoms with E-state index in [1.165, 1.54) is 6.33 Å². The molecule has 4 aromatic rings. The summed E-state index contributed by atoms with van der Waals surface area (Å²) in [6, 6.07) is 17.6. The molecule has 0 radical (unpaired) electrons. The van der Waals surface area contributed by atoms with Gasteiger partial charge in [-0.1, -0.05) is 30.3 Å². The molecule has 2 heterocycles. The molecule has 0 saturated heterocycles. The fourth-order valence-corrected chi connectivity index (χ4v) is 3.21. The van der Waals surface area contributed by atoms with Gasteiger partial charge in [0.15, 0.2) is 0 Å². The Labute approximate surface area is 162 Å². The summed E-state index contributed by atoms with van der Waals surface area (Å²) in [6.07, 6.45) is 3.19. The summed E-state index contributed by atoms with van der Waals surface area (Å²) in [7, 11) is 1.66. The number of nitrogens with one attached hydrogen (secondary N) is 1. The minimum atomic E-state index is -0.142. The number of anilines is 1. The number of hydrogen-bond donors (Lipinski definition) is 1. The van der Waals surface area contributed by atoms with E-state index in [1.807, 2.05) is 59.2 Å². The molecule has 0 bridgehead atoms. The van der Waals surface area contributed by atoms with Gasteiger partial charge in [-0.3, -0.25) is 4.79 Å². The van der Waals surface area contributed by atoms with Gasteiger partial charge in [0.2, 0.25) is 0 Å². The van der Waals surface area contributed by atoms with Gasteiger partial charge in [0.05, 0.1) is 13.2 Å². The molecule has 0 aliphatic rings. The lowest BCUT2D eigenvalue weighted by Gasteiger charge is -2.11. The molecule has 2 aromatic carbocycles. The first kappa shape index (κ1) is 17.9. The van der Waals surface area contributed by atoms with E-state index in [9.17, 15) is 4.79 Å². The lowest BCUT2D eigenvalue weighted by molar-refractivity contribution is 0.101. The largest absolute Gasteiger partial charge is 0.383 e. The van der Waals surface area contributed by atoms with Gasteiger partial charge < -0.3 is 14.6 Å². The number of ether oxygens (including phenoxy) is 1. The Bertz CT molecular complexity index is 1070. The third-order valence-electron chi connectivity index (χ3n) is 4.59. The highest BCUT2D eigenvalue weighted by Gasteiger charge is 2.15. The van der Waals surface area contributed by atoms with Crippen molar-refractivity contribution in [2.45, 2.75) is 13.1 Å². The standard InChI is InChI=1S/C21H21N5O2/c1-28-11-10-26-19-5-3-2-4-17(19)12-20(26)21(27)24-18-8-6-16(7-9-18)13-25-15-22-14-23-25/h2-9,12,14-15H,10-11,13H2,1H3,(H,24,27). The molecule has 0 spiro atoms. The predicted molar refractivity (Wildman–Crippen MR) is 107 cm³/mol. The van der Waals surface area contributed by atoms with E-state index in [0.29, 0.717) is 25.4 Å². The maximum Gasteiger partial charge on any atom is 0.272 e. The molecule has 7 heteroatoms. The molecule has 4 rings (SSSR count). The SMILES string of the molecule is COCCn1c(C(=O)Nc2ccc(Cn3cncn3)cc2)cc2ccccc21. The van der Waals surface area contributed by atoms with Gasteiger partial charge >= 0.3 is 0 Å². The number of nitrogens with zero attached hydrogens (tertiary/aromatic N) is 4. The van der Waals surface area contributed by atoms with Gasteiger partial charge in [0.25, 0.3) is 5.91 Å². The van der Waals surface area contributed by atoms with E-state index in [-0.39, 0.29) is 5.91 Å². The molecular weight excluding hydrogens is 354 g/mol. The fourth-order valence-electron chi connectivity index (χ4n) is 3.21. The maximum absolute atomic E-state index is 12.9. The van der Waals surface area contributed by atoms with Crippen LogP contribution in [0.4, 0.5) is 5.69 Å². The Kier molecular flexibility index (Phi) is 5.16. The van der Waals surface area contributed by atoms with Gasteiger partial charge in [-0.25, -0.2) is 9.67 Å². The van der Waals surface area contributed by atoms with Gasteiger partial charge in [-0.05, 0) is 29.8 Å². The predicted octanol–water partition coefficient (Wildman–Crippen LogP) is 3.18. The van der Waals surface area contributed by atoms with Crippen LogP contribution in [-0.4, -0.2) is 39.0 Å². The summed E-state index contributed by atoms with van der Waals surface area (Å²) >= 11 is 0. The Morgan fingerprint density at radius 1 is 1.14 bits per heavy atom. The Morgan fingerprint density at radius 3 is 2.71 bits per heavy atom. The first-order chi connectivity index (χ1) is 13.7. The van der Waals surface area contributed by atoms with Crippen molar-refractivity contribution in [2.75, 3.05) is 19.0 Å².